The van der Waals surface area contributed by atoms with E-state index < -0.39 is 0 Å². The maximum atomic E-state index is 12.3. The fourth-order valence-corrected chi connectivity index (χ4v) is 3.46. The molecule has 1 aliphatic rings. The van der Waals surface area contributed by atoms with Gasteiger partial charge < -0.3 is 15.4 Å². The SMILES string of the molecule is CCNC1COCC1C(=O)Nc1c(Cl)cc(Br)cc1Cl. The highest BCUT2D eigenvalue weighted by Gasteiger charge is 2.33. The molecule has 0 radical (unpaired) electrons. The van der Waals surface area contributed by atoms with Crippen molar-refractivity contribution >= 4 is 50.7 Å². The molecule has 1 saturated heterocycles. The number of hydrogen-bond donors (Lipinski definition) is 2. The second-order valence-corrected chi connectivity index (χ2v) is 6.27. The molecule has 1 amide bonds. The molecule has 0 aliphatic carbocycles. The topological polar surface area (TPSA) is 50.4 Å². The number of anilines is 1. The van der Waals surface area contributed by atoms with Gasteiger partial charge in [-0.15, -0.1) is 0 Å². The van der Waals surface area contributed by atoms with Crippen LogP contribution in [0.4, 0.5) is 5.69 Å². The summed E-state index contributed by atoms with van der Waals surface area (Å²) in [5.74, 6) is -0.384. The Morgan fingerprint density at radius 3 is 2.65 bits per heavy atom. The number of likely N-dealkylation sites (N-methyl/N-ethyl adjacent to an activating group) is 1. The smallest absolute Gasteiger partial charge is 0.231 e. The van der Waals surface area contributed by atoms with Crippen LogP contribution in [0.2, 0.25) is 10.0 Å². The summed E-state index contributed by atoms with van der Waals surface area (Å²) < 4.78 is 6.13. The molecule has 1 fully saturated rings. The number of ether oxygens (including phenoxy) is 1. The zero-order chi connectivity index (χ0) is 14.7. The average Bonchev–Trinajstić information content (AvgIpc) is 2.82. The summed E-state index contributed by atoms with van der Waals surface area (Å²) in [7, 11) is 0. The minimum absolute atomic E-state index is 0.0213. The highest BCUT2D eigenvalue weighted by atomic mass is 79.9. The molecule has 0 saturated carbocycles. The molecule has 2 unspecified atom stereocenters. The molecular formula is C13H15BrCl2N2O2. The summed E-state index contributed by atoms with van der Waals surface area (Å²) in [4.78, 5) is 12.3. The van der Waals surface area contributed by atoms with Crippen molar-refractivity contribution < 1.29 is 9.53 Å². The molecule has 2 rings (SSSR count). The van der Waals surface area contributed by atoms with E-state index in [-0.39, 0.29) is 17.9 Å². The average molecular weight is 382 g/mol. The van der Waals surface area contributed by atoms with Crippen LogP contribution in [0.15, 0.2) is 16.6 Å². The minimum atomic E-state index is -0.245. The Labute approximate surface area is 136 Å². The van der Waals surface area contributed by atoms with Gasteiger partial charge in [0.1, 0.15) is 0 Å². The summed E-state index contributed by atoms with van der Waals surface area (Å²) in [6, 6.07) is 3.40. The predicted octanol–water partition coefficient (Wildman–Crippen LogP) is 3.32. The lowest BCUT2D eigenvalue weighted by molar-refractivity contribution is -0.120. The summed E-state index contributed by atoms with van der Waals surface area (Å²) in [5, 5.41) is 6.83. The van der Waals surface area contributed by atoms with Gasteiger partial charge in [0.15, 0.2) is 0 Å². The first-order valence-corrected chi connectivity index (χ1v) is 7.84. The van der Waals surface area contributed by atoms with Crippen molar-refractivity contribution in [2.24, 2.45) is 5.92 Å². The van der Waals surface area contributed by atoms with E-state index in [0.29, 0.717) is 28.9 Å². The molecule has 2 atom stereocenters. The Hall–Kier alpha value is -0.330. The van der Waals surface area contributed by atoms with Crippen molar-refractivity contribution in [1.29, 1.82) is 0 Å². The number of halogens is 3. The van der Waals surface area contributed by atoms with Gasteiger partial charge in [-0.05, 0) is 18.7 Å². The number of amides is 1. The predicted molar refractivity (Wildman–Crippen MR) is 84.6 cm³/mol. The standard InChI is InChI=1S/C13H15BrCl2N2O2/c1-2-17-11-6-20-5-8(11)13(19)18-12-9(15)3-7(14)4-10(12)16/h3-4,8,11,17H,2,5-6H2,1H3,(H,18,19). The maximum absolute atomic E-state index is 12.3. The molecule has 110 valence electrons. The van der Waals surface area contributed by atoms with Gasteiger partial charge in [-0.3, -0.25) is 4.79 Å². The highest BCUT2D eigenvalue weighted by Crippen LogP contribution is 2.34. The van der Waals surface area contributed by atoms with Gasteiger partial charge in [0.05, 0.1) is 34.9 Å². The van der Waals surface area contributed by atoms with Gasteiger partial charge in [0.25, 0.3) is 0 Å². The second-order valence-electron chi connectivity index (χ2n) is 4.54. The van der Waals surface area contributed by atoms with E-state index in [4.69, 9.17) is 27.9 Å². The fraction of sp³-hybridized carbons (Fsp3) is 0.462. The zero-order valence-electron chi connectivity index (χ0n) is 10.9. The molecule has 1 aliphatic heterocycles. The third-order valence-corrected chi connectivity index (χ3v) is 4.19. The molecule has 1 aromatic carbocycles. The van der Waals surface area contributed by atoms with Crippen molar-refractivity contribution in [2.75, 3.05) is 25.1 Å². The number of nitrogens with one attached hydrogen (secondary N) is 2. The number of carbonyl (C=O) groups excluding carboxylic acids is 1. The first kappa shape index (κ1) is 16.0. The van der Waals surface area contributed by atoms with E-state index in [1.54, 1.807) is 12.1 Å². The van der Waals surface area contributed by atoms with Crippen LogP contribution in [0.25, 0.3) is 0 Å². The third-order valence-electron chi connectivity index (χ3n) is 3.14. The normalized spacial score (nSPS) is 22.0. The minimum Gasteiger partial charge on any atom is -0.379 e. The molecule has 1 aromatic rings. The summed E-state index contributed by atoms with van der Waals surface area (Å²) in [6.07, 6.45) is 0. The maximum Gasteiger partial charge on any atom is 0.231 e. The van der Waals surface area contributed by atoms with E-state index in [2.05, 4.69) is 26.6 Å². The largest absolute Gasteiger partial charge is 0.379 e. The van der Waals surface area contributed by atoms with Crippen LogP contribution >= 0.6 is 39.1 Å². The monoisotopic (exact) mass is 380 g/mol. The van der Waals surface area contributed by atoms with Crippen molar-refractivity contribution in [2.45, 2.75) is 13.0 Å². The van der Waals surface area contributed by atoms with Crippen molar-refractivity contribution in [3.63, 3.8) is 0 Å². The van der Waals surface area contributed by atoms with Gasteiger partial charge in [-0.2, -0.15) is 0 Å². The molecule has 2 N–H and O–H groups in total. The van der Waals surface area contributed by atoms with Crippen molar-refractivity contribution in [3.05, 3.63) is 26.7 Å². The lowest BCUT2D eigenvalue weighted by Crippen LogP contribution is -2.41. The Morgan fingerprint density at radius 2 is 2.05 bits per heavy atom. The molecule has 0 aromatic heterocycles. The first-order valence-electron chi connectivity index (χ1n) is 6.29. The van der Waals surface area contributed by atoms with Crippen LogP contribution in [-0.2, 0) is 9.53 Å². The van der Waals surface area contributed by atoms with Crippen LogP contribution < -0.4 is 10.6 Å². The number of rotatable bonds is 4. The van der Waals surface area contributed by atoms with Crippen LogP contribution in [0, 0.1) is 5.92 Å². The van der Waals surface area contributed by atoms with Crippen LogP contribution in [0.3, 0.4) is 0 Å². The molecule has 4 nitrogen and oxygen atoms in total. The fourth-order valence-electron chi connectivity index (χ4n) is 2.15. The Kier molecular flexibility index (Phi) is 5.69. The summed E-state index contributed by atoms with van der Waals surface area (Å²) in [6.45, 7) is 3.72. The van der Waals surface area contributed by atoms with Crippen LogP contribution in [0.5, 0.6) is 0 Å². The molecule has 0 spiro atoms. The summed E-state index contributed by atoms with van der Waals surface area (Å²) >= 11 is 15.5. The molecule has 20 heavy (non-hydrogen) atoms. The molecule has 7 heteroatoms. The Bertz CT molecular complexity index is 490. The van der Waals surface area contributed by atoms with Crippen molar-refractivity contribution in [1.82, 2.24) is 5.32 Å². The van der Waals surface area contributed by atoms with Gasteiger partial charge in [0.2, 0.25) is 5.91 Å². The van der Waals surface area contributed by atoms with Gasteiger partial charge in [0, 0.05) is 10.5 Å². The van der Waals surface area contributed by atoms with Gasteiger partial charge in [-0.25, -0.2) is 0 Å². The van der Waals surface area contributed by atoms with E-state index >= 15 is 0 Å². The van der Waals surface area contributed by atoms with E-state index in [0.717, 1.165) is 11.0 Å². The van der Waals surface area contributed by atoms with Gasteiger partial charge in [-0.1, -0.05) is 46.1 Å². The molecule has 1 heterocycles. The summed E-state index contributed by atoms with van der Waals surface area (Å²) in [5.41, 5.74) is 0.434. The number of hydrogen-bond acceptors (Lipinski definition) is 3. The lowest BCUT2D eigenvalue weighted by Gasteiger charge is -2.18. The molecule has 0 bridgehead atoms. The zero-order valence-corrected chi connectivity index (χ0v) is 14.0. The molecular weight excluding hydrogens is 367 g/mol. The van der Waals surface area contributed by atoms with Crippen LogP contribution in [-0.4, -0.2) is 31.7 Å². The number of carbonyl (C=O) groups is 1. The van der Waals surface area contributed by atoms with E-state index in [9.17, 15) is 4.79 Å². The number of benzene rings is 1. The van der Waals surface area contributed by atoms with Gasteiger partial charge >= 0.3 is 0 Å². The third kappa shape index (κ3) is 3.65. The lowest BCUT2D eigenvalue weighted by atomic mass is 10.0. The quantitative estimate of drug-likeness (QED) is 0.841. The first-order chi connectivity index (χ1) is 9.52. The van der Waals surface area contributed by atoms with Crippen molar-refractivity contribution in [3.8, 4) is 0 Å². The van der Waals surface area contributed by atoms with Crippen LogP contribution in [0.1, 0.15) is 6.92 Å². The van der Waals surface area contributed by atoms with E-state index in [1.165, 1.54) is 0 Å². The van der Waals surface area contributed by atoms with E-state index in [1.807, 2.05) is 6.92 Å². The highest BCUT2D eigenvalue weighted by molar-refractivity contribution is 9.10. The second kappa shape index (κ2) is 7.09. The Balaban J connectivity index is 2.12. The Morgan fingerprint density at radius 1 is 1.40 bits per heavy atom.